The summed E-state index contributed by atoms with van der Waals surface area (Å²) in [5.41, 5.74) is -0.348. The van der Waals surface area contributed by atoms with Crippen LogP contribution in [0.4, 0.5) is 5.69 Å². The maximum Gasteiger partial charge on any atom is 0.312 e. The van der Waals surface area contributed by atoms with Crippen LogP contribution in [0.1, 0.15) is 6.42 Å². The van der Waals surface area contributed by atoms with Crippen molar-refractivity contribution in [1.29, 1.82) is 0 Å². The Morgan fingerprint density at radius 2 is 2.00 bits per heavy atom. The minimum Gasteiger partial charge on any atom is -0.490 e. The van der Waals surface area contributed by atoms with Gasteiger partial charge in [-0.2, -0.15) is 4.31 Å². The molecule has 1 atom stereocenters. The first-order valence-electron chi connectivity index (χ1n) is 8.21. The lowest BCUT2D eigenvalue weighted by Crippen LogP contribution is -2.52. The Morgan fingerprint density at radius 3 is 2.56 bits per heavy atom. The number of hydrogen-bond donors (Lipinski definition) is 1. The fourth-order valence-corrected chi connectivity index (χ4v) is 4.82. The largest absolute Gasteiger partial charge is 0.490 e. The molecule has 25 heavy (non-hydrogen) atoms. The van der Waals surface area contributed by atoms with Crippen LogP contribution in [0.2, 0.25) is 0 Å². The summed E-state index contributed by atoms with van der Waals surface area (Å²) in [7, 11) is -2.45. The molecular formula is C15H22N4O5S. The number of ether oxygens (including phenoxy) is 1. The third kappa shape index (κ3) is 3.61. The third-order valence-electron chi connectivity index (χ3n) is 4.81. The number of nitro groups is 1. The van der Waals surface area contributed by atoms with Crippen molar-refractivity contribution in [1.82, 2.24) is 14.5 Å². The summed E-state index contributed by atoms with van der Waals surface area (Å²) in [5, 5.41) is 14.4. The molecule has 10 heteroatoms. The molecule has 2 saturated heterocycles. The minimum atomic E-state index is -3.76. The zero-order valence-corrected chi connectivity index (χ0v) is 14.9. The standard InChI is InChI=1S/C15H22N4O5S/c1-24-15-3-2-13(10-14(15)19(20)21)25(22,23)18-8-6-17(7-9-18)12-4-5-16-11-12/h2-3,10,12,16H,4-9,11H2,1H3. The Hall–Kier alpha value is -1.75. The van der Waals surface area contributed by atoms with Crippen molar-refractivity contribution in [3.63, 3.8) is 0 Å². The molecule has 9 nitrogen and oxygen atoms in total. The van der Waals surface area contributed by atoms with E-state index in [1.807, 2.05) is 0 Å². The van der Waals surface area contributed by atoms with E-state index in [1.54, 1.807) is 0 Å². The van der Waals surface area contributed by atoms with Crippen molar-refractivity contribution in [2.75, 3.05) is 46.4 Å². The summed E-state index contributed by atoms with van der Waals surface area (Å²) in [6.45, 7) is 4.06. The first kappa shape index (κ1) is 18.1. The number of hydrogen-bond acceptors (Lipinski definition) is 7. The highest BCUT2D eigenvalue weighted by Crippen LogP contribution is 2.31. The van der Waals surface area contributed by atoms with Gasteiger partial charge in [0.1, 0.15) is 0 Å². The van der Waals surface area contributed by atoms with Crippen molar-refractivity contribution >= 4 is 15.7 Å². The molecule has 2 aliphatic heterocycles. The average molecular weight is 370 g/mol. The van der Waals surface area contributed by atoms with Gasteiger partial charge >= 0.3 is 5.69 Å². The van der Waals surface area contributed by atoms with Gasteiger partial charge in [-0.05, 0) is 25.1 Å². The first-order chi connectivity index (χ1) is 11.9. The highest BCUT2D eigenvalue weighted by molar-refractivity contribution is 7.89. The summed E-state index contributed by atoms with van der Waals surface area (Å²) < 4.78 is 32.0. The molecule has 3 rings (SSSR count). The molecule has 1 unspecified atom stereocenters. The summed E-state index contributed by atoms with van der Waals surface area (Å²) in [4.78, 5) is 12.7. The number of nitrogens with zero attached hydrogens (tertiary/aromatic N) is 3. The van der Waals surface area contributed by atoms with Gasteiger partial charge in [0.2, 0.25) is 10.0 Å². The molecule has 2 heterocycles. The van der Waals surface area contributed by atoms with Gasteiger partial charge in [0.05, 0.1) is 16.9 Å². The second-order valence-electron chi connectivity index (χ2n) is 6.18. The lowest BCUT2D eigenvalue weighted by Gasteiger charge is -2.37. The number of methoxy groups -OCH3 is 1. The van der Waals surface area contributed by atoms with Gasteiger partial charge in [0.25, 0.3) is 0 Å². The highest BCUT2D eigenvalue weighted by atomic mass is 32.2. The summed E-state index contributed by atoms with van der Waals surface area (Å²) in [5.74, 6) is 0.0440. The van der Waals surface area contributed by atoms with Crippen molar-refractivity contribution in [2.45, 2.75) is 17.4 Å². The summed E-state index contributed by atoms with van der Waals surface area (Å²) >= 11 is 0. The minimum absolute atomic E-state index is 0.0440. The molecule has 1 aromatic carbocycles. The lowest BCUT2D eigenvalue weighted by atomic mass is 10.2. The topological polar surface area (TPSA) is 105 Å². The highest BCUT2D eigenvalue weighted by Gasteiger charge is 2.33. The zero-order chi connectivity index (χ0) is 18.0. The zero-order valence-electron chi connectivity index (χ0n) is 14.1. The van der Waals surface area contributed by atoms with E-state index in [2.05, 4.69) is 10.2 Å². The fourth-order valence-electron chi connectivity index (χ4n) is 3.38. The van der Waals surface area contributed by atoms with Crippen LogP contribution < -0.4 is 10.1 Å². The number of benzene rings is 1. The van der Waals surface area contributed by atoms with Crippen molar-refractivity contribution < 1.29 is 18.1 Å². The number of rotatable bonds is 5. The molecule has 0 spiro atoms. The molecule has 0 aromatic heterocycles. The van der Waals surface area contributed by atoms with E-state index < -0.39 is 14.9 Å². The van der Waals surface area contributed by atoms with E-state index >= 15 is 0 Å². The molecule has 2 fully saturated rings. The van der Waals surface area contributed by atoms with Gasteiger partial charge in [0, 0.05) is 44.8 Å². The monoisotopic (exact) mass is 370 g/mol. The molecule has 0 aliphatic carbocycles. The van der Waals surface area contributed by atoms with E-state index in [9.17, 15) is 18.5 Å². The Bertz CT molecular complexity index is 740. The van der Waals surface area contributed by atoms with Crippen LogP contribution in [0.5, 0.6) is 5.75 Å². The van der Waals surface area contributed by atoms with E-state index in [0.717, 1.165) is 25.6 Å². The van der Waals surface area contributed by atoms with Crippen LogP contribution in [-0.4, -0.2) is 75.0 Å². The SMILES string of the molecule is COc1ccc(S(=O)(=O)N2CCN(C3CCNC3)CC2)cc1[N+](=O)[O-]. The van der Waals surface area contributed by atoms with E-state index in [4.69, 9.17) is 4.74 Å². The maximum absolute atomic E-state index is 12.8. The van der Waals surface area contributed by atoms with Gasteiger partial charge in [-0.3, -0.25) is 15.0 Å². The van der Waals surface area contributed by atoms with Crippen LogP contribution in [0, 0.1) is 10.1 Å². The van der Waals surface area contributed by atoms with Crippen molar-refractivity contribution in [3.8, 4) is 5.75 Å². The number of nitro benzene ring substituents is 1. The van der Waals surface area contributed by atoms with Crippen LogP contribution in [-0.2, 0) is 10.0 Å². The van der Waals surface area contributed by atoms with Crippen LogP contribution in [0.25, 0.3) is 0 Å². The van der Waals surface area contributed by atoms with Crippen LogP contribution >= 0.6 is 0 Å². The molecule has 0 saturated carbocycles. The van der Waals surface area contributed by atoms with Gasteiger partial charge in [0.15, 0.2) is 5.75 Å². The summed E-state index contributed by atoms with van der Waals surface area (Å²) in [6, 6.07) is 4.22. The van der Waals surface area contributed by atoms with E-state index in [0.29, 0.717) is 32.2 Å². The number of nitrogens with one attached hydrogen (secondary N) is 1. The molecule has 0 bridgehead atoms. The second-order valence-corrected chi connectivity index (χ2v) is 8.12. The van der Waals surface area contributed by atoms with Crippen LogP contribution in [0.3, 0.4) is 0 Å². The van der Waals surface area contributed by atoms with Crippen LogP contribution in [0.15, 0.2) is 23.1 Å². The number of sulfonamides is 1. The fraction of sp³-hybridized carbons (Fsp3) is 0.600. The molecule has 0 radical (unpaired) electrons. The van der Waals surface area contributed by atoms with Gasteiger partial charge in [-0.1, -0.05) is 0 Å². The predicted octanol–water partition coefficient (Wildman–Crippen LogP) is 0.272. The third-order valence-corrected chi connectivity index (χ3v) is 6.70. The first-order valence-corrected chi connectivity index (χ1v) is 9.65. The Morgan fingerprint density at radius 1 is 1.28 bits per heavy atom. The molecule has 0 amide bonds. The Labute approximate surface area is 146 Å². The molecule has 138 valence electrons. The summed E-state index contributed by atoms with van der Waals surface area (Å²) in [6.07, 6.45) is 1.08. The van der Waals surface area contributed by atoms with E-state index in [1.165, 1.54) is 23.5 Å². The average Bonchev–Trinajstić information content (AvgIpc) is 3.15. The lowest BCUT2D eigenvalue weighted by molar-refractivity contribution is -0.386. The number of piperazine rings is 1. The molecular weight excluding hydrogens is 348 g/mol. The van der Waals surface area contributed by atoms with Gasteiger partial charge < -0.3 is 10.1 Å². The Kier molecular flexibility index (Phi) is 5.23. The normalized spacial score (nSPS) is 22.8. The maximum atomic E-state index is 12.8. The smallest absolute Gasteiger partial charge is 0.312 e. The molecule has 1 N–H and O–H groups in total. The predicted molar refractivity (Wildman–Crippen MR) is 91.3 cm³/mol. The molecule has 2 aliphatic rings. The molecule has 1 aromatic rings. The van der Waals surface area contributed by atoms with Crippen molar-refractivity contribution in [2.24, 2.45) is 0 Å². The Balaban J connectivity index is 1.76. The van der Waals surface area contributed by atoms with Gasteiger partial charge in [-0.25, -0.2) is 8.42 Å². The van der Waals surface area contributed by atoms with E-state index in [-0.39, 0.29) is 16.3 Å². The van der Waals surface area contributed by atoms with Crippen molar-refractivity contribution in [3.05, 3.63) is 28.3 Å². The quantitative estimate of drug-likeness (QED) is 0.586. The second kappa shape index (κ2) is 7.24. The van der Waals surface area contributed by atoms with Gasteiger partial charge in [-0.15, -0.1) is 0 Å².